The van der Waals surface area contributed by atoms with E-state index in [1.165, 1.54) is 9.13 Å². The molecule has 4 rings (SSSR count). The third-order valence-electron chi connectivity index (χ3n) is 11.3. The summed E-state index contributed by atoms with van der Waals surface area (Å²) in [6.45, 7) is 16.5. The van der Waals surface area contributed by atoms with Gasteiger partial charge in [0, 0.05) is 55.1 Å². The molecular formula is C39H66N6O4. The fraction of sp³-hybridized carbons (Fsp3) is 0.795. The van der Waals surface area contributed by atoms with Gasteiger partial charge in [0.1, 0.15) is 0 Å². The molecule has 0 N–H and O–H groups in total. The molecule has 49 heavy (non-hydrogen) atoms. The molecule has 0 unspecified atom stereocenters. The SMILES string of the molecule is CCN1CCCCCCn2c(C)c3c(=O)n(c2=O)CCCCCCN(CC)CCCCCCn2c(=O)c(c(C)n(c2=O)CCCCCC1)C3. The summed E-state index contributed by atoms with van der Waals surface area (Å²) in [5.41, 5.74) is 1.30. The van der Waals surface area contributed by atoms with Crippen LogP contribution in [-0.2, 0) is 32.6 Å². The Kier molecular flexibility index (Phi) is 16.1. The number of hydrogen-bond donors (Lipinski definition) is 0. The van der Waals surface area contributed by atoms with Crippen LogP contribution in [0.2, 0.25) is 0 Å². The van der Waals surface area contributed by atoms with Gasteiger partial charge in [0.2, 0.25) is 0 Å². The summed E-state index contributed by atoms with van der Waals surface area (Å²) < 4.78 is 6.47. The normalized spacial score (nSPS) is 19.8. The first-order chi connectivity index (χ1) is 23.8. The summed E-state index contributed by atoms with van der Waals surface area (Å²) in [5, 5.41) is 0. The highest BCUT2D eigenvalue weighted by Gasteiger charge is 2.22. The molecule has 0 atom stereocenters. The molecule has 2 aliphatic heterocycles. The lowest BCUT2D eigenvalue weighted by atomic mass is 10.0. The Morgan fingerprint density at radius 1 is 0.388 bits per heavy atom. The van der Waals surface area contributed by atoms with Gasteiger partial charge >= 0.3 is 11.4 Å². The largest absolute Gasteiger partial charge is 0.331 e. The van der Waals surface area contributed by atoms with Crippen LogP contribution >= 0.6 is 0 Å². The molecule has 0 aliphatic carbocycles. The summed E-state index contributed by atoms with van der Waals surface area (Å²) >= 11 is 0. The van der Waals surface area contributed by atoms with E-state index in [4.69, 9.17) is 0 Å². The predicted molar refractivity (Wildman–Crippen MR) is 200 cm³/mol. The third kappa shape index (κ3) is 10.6. The highest BCUT2D eigenvalue weighted by atomic mass is 16.2. The van der Waals surface area contributed by atoms with Crippen LogP contribution in [0.25, 0.3) is 0 Å². The minimum Gasteiger partial charge on any atom is -0.304 e. The van der Waals surface area contributed by atoms with E-state index in [9.17, 15) is 19.2 Å². The van der Waals surface area contributed by atoms with Crippen molar-refractivity contribution in [2.75, 3.05) is 39.3 Å². The van der Waals surface area contributed by atoms with Crippen LogP contribution in [0.1, 0.15) is 139 Å². The van der Waals surface area contributed by atoms with Gasteiger partial charge in [-0.25, -0.2) is 9.59 Å². The first kappa shape index (κ1) is 39.1. The van der Waals surface area contributed by atoms with Crippen molar-refractivity contribution in [2.24, 2.45) is 0 Å². The zero-order chi connectivity index (χ0) is 35.2. The Balaban J connectivity index is 1.79. The molecule has 10 heteroatoms. The van der Waals surface area contributed by atoms with E-state index in [2.05, 4.69) is 23.6 Å². The third-order valence-corrected chi connectivity index (χ3v) is 11.3. The van der Waals surface area contributed by atoms with E-state index >= 15 is 0 Å². The van der Waals surface area contributed by atoms with Gasteiger partial charge in [-0.15, -0.1) is 0 Å². The van der Waals surface area contributed by atoms with Crippen LogP contribution in [0.4, 0.5) is 0 Å². The lowest BCUT2D eigenvalue weighted by molar-refractivity contribution is 0.272. The number of hydrogen-bond acceptors (Lipinski definition) is 6. The molecule has 0 aromatic carbocycles. The summed E-state index contributed by atoms with van der Waals surface area (Å²) in [6.07, 6.45) is 16.3. The molecule has 0 fully saturated rings. The fourth-order valence-corrected chi connectivity index (χ4v) is 7.91. The quantitative estimate of drug-likeness (QED) is 0.418. The van der Waals surface area contributed by atoms with E-state index in [1.54, 1.807) is 9.13 Å². The Hall–Kier alpha value is -2.72. The molecule has 2 aromatic heterocycles. The molecule has 10 nitrogen and oxygen atoms in total. The van der Waals surface area contributed by atoms with Gasteiger partial charge < -0.3 is 9.80 Å². The minimum atomic E-state index is -0.282. The van der Waals surface area contributed by atoms with Crippen LogP contribution < -0.4 is 22.5 Å². The van der Waals surface area contributed by atoms with Crippen molar-refractivity contribution in [3.05, 3.63) is 64.2 Å². The van der Waals surface area contributed by atoms with Gasteiger partial charge in [0.25, 0.3) is 11.1 Å². The molecule has 0 amide bonds. The highest BCUT2D eigenvalue weighted by Crippen LogP contribution is 2.15. The maximum absolute atomic E-state index is 14.2. The molecule has 4 heterocycles. The second-order valence-electron chi connectivity index (χ2n) is 14.6. The van der Waals surface area contributed by atoms with Crippen LogP contribution in [0.15, 0.2) is 19.2 Å². The summed E-state index contributed by atoms with van der Waals surface area (Å²) in [6, 6.07) is 0. The van der Waals surface area contributed by atoms with Crippen molar-refractivity contribution in [1.29, 1.82) is 0 Å². The van der Waals surface area contributed by atoms with Crippen molar-refractivity contribution < 1.29 is 0 Å². The smallest absolute Gasteiger partial charge is 0.304 e. The van der Waals surface area contributed by atoms with Gasteiger partial charge in [-0.05, 0) is 104 Å². The zero-order valence-electron chi connectivity index (χ0n) is 31.4. The monoisotopic (exact) mass is 683 g/mol. The number of fused-ring (bicyclic) bond motifs is 4. The van der Waals surface area contributed by atoms with Gasteiger partial charge in [-0.3, -0.25) is 27.9 Å². The fourth-order valence-electron chi connectivity index (χ4n) is 7.91. The minimum absolute atomic E-state index is 0.135. The van der Waals surface area contributed by atoms with Crippen LogP contribution in [-0.4, -0.2) is 67.3 Å². The highest BCUT2D eigenvalue weighted by molar-refractivity contribution is 5.29. The van der Waals surface area contributed by atoms with Gasteiger partial charge in [0.05, 0.1) is 0 Å². The molecule has 6 bridgehead atoms. The zero-order valence-corrected chi connectivity index (χ0v) is 31.4. The van der Waals surface area contributed by atoms with Crippen molar-refractivity contribution in [3.63, 3.8) is 0 Å². The lowest BCUT2D eigenvalue weighted by Gasteiger charge is -2.22. The Morgan fingerprint density at radius 3 is 0.939 bits per heavy atom. The standard InChI is InChI=1S/C39H66N6O4/c1-5-40-23-15-7-11-19-27-42-32(3)34-31-35-33(4)43(28-20-12-8-16-24-40)39(49)45(37(35)47)30-22-14-10-18-26-41(6-2)25-17-9-13-21-29-44(36(34)46)38(42)48/h5-31H2,1-4H3. The molecule has 0 spiro atoms. The molecule has 0 saturated heterocycles. The molecule has 2 aromatic rings. The molecule has 0 radical (unpaired) electrons. The van der Waals surface area contributed by atoms with Crippen molar-refractivity contribution in [1.82, 2.24) is 28.1 Å². The Bertz CT molecular complexity index is 1460. The number of rotatable bonds is 2. The summed E-state index contributed by atoms with van der Waals surface area (Å²) in [5.74, 6) is 0. The Morgan fingerprint density at radius 2 is 0.653 bits per heavy atom. The molecular weight excluding hydrogens is 616 g/mol. The average molecular weight is 683 g/mol. The van der Waals surface area contributed by atoms with Crippen LogP contribution in [0.5, 0.6) is 0 Å². The first-order valence-electron chi connectivity index (χ1n) is 19.9. The lowest BCUT2D eigenvalue weighted by Crippen LogP contribution is -2.45. The second-order valence-corrected chi connectivity index (χ2v) is 14.6. The second kappa shape index (κ2) is 20.2. The van der Waals surface area contributed by atoms with Gasteiger partial charge in [0.15, 0.2) is 0 Å². The van der Waals surface area contributed by atoms with E-state index < -0.39 is 0 Å². The first-order valence-corrected chi connectivity index (χ1v) is 19.9. The molecule has 276 valence electrons. The summed E-state index contributed by atoms with van der Waals surface area (Å²) in [4.78, 5) is 61.3. The predicted octanol–water partition coefficient (Wildman–Crippen LogP) is 5.45. The van der Waals surface area contributed by atoms with Crippen LogP contribution in [0, 0.1) is 13.8 Å². The van der Waals surface area contributed by atoms with Gasteiger partial charge in [-0.2, -0.15) is 0 Å². The van der Waals surface area contributed by atoms with Crippen molar-refractivity contribution in [3.8, 4) is 0 Å². The van der Waals surface area contributed by atoms with Crippen molar-refractivity contribution >= 4 is 0 Å². The maximum atomic E-state index is 14.2. The average Bonchev–Trinajstić information content (AvgIpc) is 3.09. The maximum Gasteiger partial charge on any atom is 0.331 e. The van der Waals surface area contributed by atoms with Crippen LogP contribution in [0.3, 0.4) is 0 Å². The van der Waals surface area contributed by atoms with E-state index in [0.29, 0.717) is 48.7 Å². The number of nitrogens with zero attached hydrogens (tertiary/aromatic N) is 6. The van der Waals surface area contributed by atoms with E-state index in [0.717, 1.165) is 142 Å². The van der Waals surface area contributed by atoms with Crippen molar-refractivity contribution in [2.45, 2.75) is 163 Å². The topological polar surface area (TPSA) is 94.5 Å². The van der Waals surface area contributed by atoms with Gasteiger partial charge in [-0.1, -0.05) is 65.2 Å². The Labute approximate surface area is 294 Å². The number of aromatic nitrogens is 4. The molecule has 0 saturated carbocycles. The summed E-state index contributed by atoms with van der Waals surface area (Å²) in [7, 11) is 0. The molecule has 2 aliphatic rings. The van der Waals surface area contributed by atoms with E-state index in [-0.39, 0.29) is 28.9 Å². The van der Waals surface area contributed by atoms with E-state index in [1.807, 2.05) is 13.8 Å².